The minimum atomic E-state index is -0.526. The monoisotopic (exact) mass is 501 g/mol. The Kier molecular flexibility index (Phi) is 6.29. The van der Waals surface area contributed by atoms with E-state index >= 15 is 0 Å². The average molecular weight is 502 g/mol. The third kappa shape index (κ3) is 4.79. The summed E-state index contributed by atoms with van der Waals surface area (Å²) in [5.74, 6) is 1.44. The van der Waals surface area contributed by atoms with Gasteiger partial charge in [-0.25, -0.2) is 4.79 Å². The van der Waals surface area contributed by atoms with Crippen molar-refractivity contribution in [3.05, 3.63) is 88.9 Å². The van der Waals surface area contributed by atoms with E-state index in [9.17, 15) is 4.79 Å². The molecule has 0 radical (unpaired) electrons. The van der Waals surface area contributed by atoms with Gasteiger partial charge in [0.2, 0.25) is 5.82 Å². The molecular formula is C28H29N4O3S+. The first-order chi connectivity index (χ1) is 17.7. The lowest BCUT2D eigenvalue weighted by atomic mass is 9.83. The summed E-state index contributed by atoms with van der Waals surface area (Å²) in [6.07, 6.45) is 1.97. The molecule has 2 aromatic carbocycles. The van der Waals surface area contributed by atoms with Gasteiger partial charge < -0.3 is 19.1 Å². The van der Waals surface area contributed by atoms with E-state index in [0.29, 0.717) is 24.2 Å². The topological polar surface area (TPSA) is 77.2 Å². The van der Waals surface area contributed by atoms with E-state index in [2.05, 4.69) is 15.5 Å². The lowest BCUT2D eigenvalue weighted by molar-refractivity contribution is -0.958. The van der Waals surface area contributed by atoms with Crippen LogP contribution in [0.3, 0.4) is 0 Å². The molecule has 1 N–H and O–H groups in total. The summed E-state index contributed by atoms with van der Waals surface area (Å²) < 4.78 is 12.6. The molecule has 184 valence electrons. The number of aromatic nitrogens is 2. The van der Waals surface area contributed by atoms with Crippen molar-refractivity contribution < 1.29 is 18.5 Å². The molecule has 5 heterocycles. The fourth-order valence-corrected chi connectivity index (χ4v) is 6.28. The molecule has 0 spiro atoms. The van der Waals surface area contributed by atoms with E-state index in [0.717, 1.165) is 53.1 Å². The number of thiophene rings is 1. The highest BCUT2D eigenvalue weighted by molar-refractivity contribution is 7.10. The standard InChI is InChI=1S/C28H29N4O3S/c33-28(26(24-12-7-17-36-24)29-22-10-5-2-6-11-22)34-23-18-32(15-13-20(23)14-16-32)19-25-30-27(35-31-25)21-8-3-1-4-9-21/h1-12,17,20,23,26,29H,13-16,18-19H2/q+1/t20?,23-,26?,32?/m0/s1. The Labute approximate surface area is 214 Å². The number of piperidine rings is 3. The van der Waals surface area contributed by atoms with Crippen LogP contribution in [0.4, 0.5) is 5.69 Å². The number of carbonyl (C=O) groups excluding carboxylic acids is 1. The second kappa shape index (κ2) is 9.87. The molecule has 3 fully saturated rings. The number of esters is 1. The fraction of sp³-hybridized carbons (Fsp3) is 0.321. The zero-order valence-electron chi connectivity index (χ0n) is 20.0. The Morgan fingerprint density at radius 2 is 1.81 bits per heavy atom. The van der Waals surface area contributed by atoms with Gasteiger partial charge in [-0.1, -0.05) is 47.6 Å². The predicted octanol–water partition coefficient (Wildman–Crippen LogP) is 5.30. The van der Waals surface area contributed by atoms with Crippen molar-refractivity contribution in [3.63, 3.8) is 0 Å². The number of carbonyl (C=O) groups is 1. The van der Waals surface area contributed by atoms with Crippen molar-refractivity contribution in [2.75, 3.05) is 25.0 Å². The summed E-state index contributed by atoms with van der Waals surface area (Å²) in [6, 6.07) is 23.1. The van der Waals surface area contributed by atoms with Gasteiger partial charge in [0.05, 0.1) is 13.1 Å². The summed E-state index contributed by atoms with van der Waals surface area (Å²) in [6.45, 7) is 3.57. The molecule has 36 heavy (non-hydrogen) atoms. The van der Waals surface area contributed by atoms with Gasteiger partial charge in [0.15, 0.2) is 12.1 Å². The van der Waals surface area contributed by atoms with Crippen LogP contribution in [-0.4, -0.2) is 46.3 Å². The number of benzene rings is 2. The maximum atomic E-state index is 13.5. The second-order valence-corrected chi connectivity index (χ2v) is 10.8. The van der Waals surface area contributed by atoms with E-state index in [1.165, 1.54) is 0 Å². The number of nitrogens with zero attached hydrogens (tertiary/aromatic N) is 3. The average Bonchev–Trinajstić information content (AvgIpc) is 3.62. The van der Waals surface area contributed by atoms with Crippen LogP contribution in [-0.2, 0) is 16.1 Å². The van der Waals surface area contributed by atoms with Crippen LogP contribution in [0.15, 0.2) is 82.7 Å². The number of quaternary nitrogens is 1. The third-order valence-electron chi connectivity index (χ3n) is 7.42. The zero-order chi connectivity index (χ0) is 24.4. The van der Waals surface area contributed by atoms with Gasteiger partial charge >= 0.3 is 5.97 Å². The third-order valence-corrected chi connectivity index (χ3v) is 8.36. The number of anilines is 1. The van der Waals surface area contributed by atoms with Crippen LogP contribution in [0.25, 0.3) is 11.5 Å². The van der Waals surface area contributed by atoms with Gasteiger partial charge in [-0.15, -0.1) is 11.3 Å². The normalized spacial score (nSPS) is 23.8. The van der Waals surface area contributed by atoms with Crippen LogP contribution in [0.2, 0.25) is 0 Å². The largest absolute Gasteiger partial charge is 0.454 e. The van der Waals surface area contributed by atoms with Gasteiger partial charge in [-0.2, -0.15) is 4.98 Å². The molecule has 2 aromatic heterocycles. The molecule has 3 aliphatic heterocycles. The maximum absolute atomic E-state index is 13.5. The quantitative estimate of drug-likeness (QED) is 0.261. The first-order valence-corrected chi connectivity index (χ1v) is 13.3. The van der Waals surface area contributed by atoms with Crippen LogP contribution in [0, 0.1) is 5.92 Å². The smallest absolute Gasteiger partial charge is 0.334 e. The highest BCUT2D eigenvalue weighted by Crippen LogP contribution is 2.38. The van der Waals surface area contributed by atoms with Gasteiger partial charge in [-0.05, 0) is 35.7 Å². The number of fused-ring (bicyclic) bond motifs is 3. The SMILES string of the molecule is O=C(O[C@H]1C[N+]2(Cc3noc(-c4ccccc4)n3)CCC1CC2)C(Nc1ccccc1)c1cccs1. The van der Waals surface area contributed by atoms with Crippen LogP contribution in [0.5, 0.6) is 0 Å². The second-order valence-electron chi connectivity index (χ2n) is 9.78. The van der Waals surface area contributed by atoms with Crippen molar-refractivity contribution >= 4 is 23.0 Å². The molecule has 3 saturated heterocycles. The summed E-state index contributed by atoms with van der Waals surface area (Å²) in [5.41, 5.74) is 1.82. The summed E-state index contributed by atoms with van der Waals surface area (Å²) in [7, 11) is 0. The lowest BCUT2D eigenvalue weighted by Crippen LogP contribution is -2.64. The number of ether oxygens (including phenoxy) is 1. The Morgan fingerprint density at radius 3 is 2.53 bits per heavy atom. The van der Waals surface area contributed by atoms with E-state index in [-0.39, 0.29) is 12.1 Å². The van der Waals surface area contributed by atoms with Gasteiger partial charge in [-0.3, -0.25) is 0 Å². The number of para-hydroxylation sites is 1. The molecule has 1 unspecified atom stereocenters. The molecular weight excluding hydrogens is 472 g/mol. The van der Waals surface area contributed by atoms with Crippen molar-refractivity contribution in [2.45, 2.75) is 31.5 Å². The zero-order valence-corrected chi connectivity index (χ0v) is 20.8. The molecule has 7 nitrogen and oxygen atoms in total. The van der Waals surface area contributed by atoms with Crippen LogP contribution < -0.4 is 5.32 Å². The van der Waals surface area contributed by atoms with Crippen molar-refractivity contribution in [1.29, 1.82) is 0 Å². The van der Waals surface area contributed by atoms with Crippen molar-refractivity contribution in [3.8, 4) is 11.5 Å². The molecule has 4 aromatic rings. The van der Waals surface area contributed by atoms with Crippen LogP contribution in [0.1, 0.15) is 29.6 Å². The summed E-state index contributed by atoms with van der Waals surface area (Å²) in [5, 5.41) is 9.65. The van der Waals surface area contributed by atoms with Gasteiger partial charge in [0.25, 0.3) is 5.89 Å². The summed E-state index contributed by atoms with van der Waals surface area (Å²) >= 11 is 1.56. The Balaban J connectivity index is 1.16. The Hall–Kier alpha value is -3.49. The molecule has 2 atom stereocenters. The Bertz CT molecular complexity index is 1280. The molecule has 0 amide bonds. The molecule has 2 bridgehead atoms. The number of hydrogen-bond acceptors (Lipinski definition) is 7. The molecule has 0 saturated carbocycles. The number of nitrogens with one attached hydrogen (secondary N) is 1. The number of hydrogen-bond donors (Lipinski definition) is 1. The van der Waals surface area contributed by atoms with Crippen molar-refractivity contribution in [1.82, 2.24) is 10.1 Å². The van der Waals surface area contributed by atoms with Gasteiger partial charge in [0, 0.05) is 34.9 Å². The molecule has 7 rings (SSSR count). The highest BCUT2D eigenvalue weighted by Gasteiger charge is 2.48. The minimum Gasteiger partial charge on any atom is -0.454 e. The highest BCUT2D eigenvalue weighted by atomic mass is 32.1. The van der Waals surface area contributed by atoms with E-state index in [1.807, 2.05) is 78.2 Å². The first kappa shape index (κ1) is 22.9. The molecule has 8 heteroatoms. The molecule has 3 aliphatic rings. The lowest BCUT2D eigenvalue weighted by Gasteiger charge is -2.51. The Morgan fingerprint density at radius 1 is 1.06 bits per heavy atom. The molecule has 0 aliphatic carbocycles. The minimum absolute atomic E-state index is 0.111. The predicted molar refractivity (Wildman–Crippen MR) is 138 cm³/mol. The van der Waals surface area contributed by atoms with E-state index < -0.39 is 6.04 Å². The maximum Gasteiger partial charge on any atom is 0.334 e. The summed E-state index contributed by atoms with van der Waals surface area (Å²) in [4.78, 5) is 19.1. The van der Waals surface area contributed by atoms with Crippen LogP contribution >= 0.6 is 11.3 Å². The van der Waals surface area contributed by atoms with Gasteiger partial charge in [0.1, 0.15) is 13.1 Å². The first-order valence-electron chi connectivity index (χ1n) is 12.5. The van der Waals surface area contributed by atoms with Crippen molar-refractivity contribution in [2.24, 2.45) is 5.92 Å². The van der Waals surface area contributed by atoms with E-state index in [4.69, 9.17) is 9.26 Å². The van der Waals surface area contributed by atoms with E-state index in [1.54, 1.807) is 11.3 Å². The fourth-order valence-electron chi connectivity index (χ4n) is 5.51. The number of rotatable bonds is 8.